The third-order valence-corrected chi connectivity index (χ3v) is 6.01. The van der Waals surface area contributed by atoms with Gasteiger partial charge in [0, 0.05) is 29.5 Å². The zero-order chi connectivity index (χ0) is 25.2. The lowest BCUT2D eigenvalue weighted by molar-refractivity contribution is -0.143. The lowest BCUT2D eigenvalue weighted by atomic mass is 9.94. The number of para-hydroxylation sites is 2. The molecule has 1 aliphatic heterocycles. The number of aromatic amines is 1. The molecule has 0 saturated carbocycles. The van der Waals surface area contributed by atoms with Crippen LogP contribution in [0.3, 0.4) is 0 Å². The summed E-state index contributed by atoms with van der Waals surface area (Å²) >= 11 is 0. The van der Waals surface area contributed by atoms with Gasteiger partial charge in [0.15, 0.2) is 11.6 Å². The van der Waals surface area contributed by atoms with Crippen LogP contribution in [-0.4, -0.2) is 50.9 Å². The van der Waals surface area contributed by atoms with Gasteiger partial charge in [0.05, 0.1) is 11.0 Å². The van der Waals surface area contributed by atoms with Gasteiger partial charge in [0.1, 0.15) is 18.2 Å². The van der Waals surface area contributed by atoms with Crippen molar-refractivity contribution in [1.29, 1.82) is 5.26 Å². The van der Waals surface area contributed by atoms with Crippen LogP contribution in [0.15, 0.2) is 66.4 Å². The molecule has 9 heteroatoms. The number of fused-ring (bicyclic) bond motifs is 1. The molecule has 0 unspecified atom stereocenters. The number of esters is 1. The Morgan fingerprint density at radius 1 is 1.03 bits per heavy atom. The number of nitrogens with one attached hydrogen (secondary N) is 1. The highest BCUT2D eigenvalue weighted by Crippen LogP contribution is 2.30. The number of nitriles is 1. The molecule has 0 saturated heterocycles. The topological polar surface area (TPSA) is 136 Å². The van der Waals surface area contributed by atoms with Crippen molar-refractivity contribution in [2.45, 2.75) is 12.8 Å². The third kappa shape index (κ3) is 4.05. The van der Waals surface area contributed by atoms with E-state index >= 15 is 0 Å². The maximum Gasteiger partial charge on any atom is 0.306 e. The van der Waals surface area contributed by atoms with E-state index < -0.39 is 30.1 Å². The van der Waals surface area contributed by atoms with Crippen LogP contribution in [0.5, 0.6) is 0 Å². The molecule has 4 aromatic rings. The Balaban J connectivity index is 1.20. The first-order chi connectivity index (χ1) is 17.5. The molecule has 0 radical (unpaired) electrons. The molecule has 0 atom stereocenters. The molecule has 0 spiro atoms. The van der Waals surface area contributed by atoms with Crippen molar-refractivity contribution < 1.29 is 24.2 Å². The minimum Gasteiger partial charge on any atom is -0.507 e. The predicted octanol–water partition coefficient (Wildman–Crippen LogP) is 4.13. The number of allylic oxidation sites excluding steroid dienone is 1. The van der Waals surface area contributed by atoms with E-state index in [1.54, 1.807) is 42.5 Å². The quantitative estimate of drug-likeness (QED) is 0.176. The van der Waals surface area contributed by atoms with Crippen LogP contribution >= 0.6 is 0 Å². The van der Waals surface area contributed by atoms with Crippen molar-refractivity contribution >= 4 is 45.2 Å². The minimum absolute atomic E-state index is 0.0434. The number of imide groups is 1. The molecule has 5 rings (SSSR count). The van der Waals surface area contributed by atoms with Gasteiger partial charge >= 0.3 is 5.97 Å². The predicted molar refractivity (Wildman–Crippen MR) is 131 cm³/mol. The summed E-state index contributed by atoms with van der Waals surface area (Å²) in [6.45, 7) is -0.461. The average molecular weight is 480 g/mol. The van der Waals surface area contributed by atoms with Gasteiger partial charge < -0.3 is 14.8 Å². The summed E-state index contributed by atoms with van der Waals surface area (Å²) in [5.74, 6) is -1.70. The van der Waals surface area contributed by atoms with E-state index in [9.17, 15) is 24.8 Å². The summed E-state index contributed by atoms with van der Waals surface area (Å²) in [5.41, 5.74) is 2.11. The van der Waals surface area contributed by atoms with Crippen molar-refractivity contribution in [3.8, 4) is 6.07 Å². The van der Waals surface area contributed by atoms with E-state index in [0.29, 0.717) is 27.5 Å². The SMILES string of the molecule is N#CC(=C(O)COC(=O)CCCN1C(=O)c2cccc3cccc(c23)C1=O)c1nc2ccccc2[nH]1. The van der Waals surface area contributed by atoms with Gasteiger partial charge in [-0.15, -0.1) is 0 Å². The summed E-state index contributed by atoms with van der Waals surface area (Å²) in [5, 5.41) is 21.3. The Bertz CT molecular complexity index is 1530. The first-order valence-electron chi connectivity index (χ1n) is 11.3. The number of hydrogen-bond acceptors (Lipinski definition) is 7. The Hall–Kier alpha value is -4.97. The lowest BCUT2D eigenvalue weighted by Crippen LogP contribution is -2.41. The maximum absolute atomic E-state index is 12.9. The highest BCUT2D eigenvalue weighted by atomic mass is 16.5. The molecule has 0 aliphatic carbocycles. The van der Waals surface area contributed by atoms with Crippen molar-refractivity contribution in [3.63, 3.8) is 0 Å². The first kappa shape index (κ1) is 22.8. The van der Waals surface area contributed by atoms with Crippen LogP contribution in [0, 0.1) is 11.3 Å². The van der Waals surface area contributed by atoms with Gasteiger partial charge in [0.2, 0.25) is 0 Å². The van der Waals surface area contributed by atoms with Gasteiger partial charge in [0.25, 0.3) is 11.8 Å². The fraction of sp³-hybridized carbons (Fsp3) is 0.148. The second kappa shape index (κ2) is 9.35. The summed E-state index contributed by atoms with van der Waals surface area (Å²) in [4.78, 5) is 46.4. The molecular weight excluding hydrogens is 460 g/mol. The van der Waals surface area contributed by atoms with Crippen LogP contribution in [0.25, 0.3) is 27.4 Å². The van der Waals surface area contributed by atoms with E-state index in [0.717, 1.165) is 10.3 Å². The number of hydrogen-bond donors (Lipinski definition) is 2. The van der Waals surface area contributed by atoms with Gasteiger partial charge in [-0.3, -0.25) is 19.3 Å². The average Bonchev–Trinajstić information content (AvgIpc) is 3.32. The zero-order valence-corrected chi connectivity index (χ0v) is 19.0. The van der Waals surface area contributed by atoms with Gasteiger partial charge in [-0.05, 0) is 36.1 Å². The van der Waals surface area contributed by atoms with Crippen molar-refractivity contribution in [3.05, 3.63) is 83.4 Å². The first-order valence-corrected chi connectivity index (χ1v) is 11.3. The molecule has 2 N–H and O–H groups in total. The molecule has 0 fully saturated rings. The van der Waals surface area contributed by atoms with Crippen LogP contribution in [0.1, 0.15) is 39.4 Å². The number of benzene rings is 3. The highest BCUT2D eigenvalue weighted by Gasteiger charge is 2.32. The van der Waals surface area contributed by atoms with E-state index in [1.165, 1.54) is 0 Å². The zero-order valence-electron chi connectivity index (χ0n) is 19.0. The summed E-state index contributed by atoms with van der Waals surface area (Å²) in [6, 6.07) is 19.7. The molecule has 36 heavy (non-hydrogen) atoms. The highest BCUT2D eigenvalue weighted by molar-refractivity contribution is 6.25. The van der Waals surface area contributed by atoms with Crippen LogP contribution < -0.4 is 0 Å². The Morgan fingerprint density at radius 3 is 2.39 bits per heavy atom. The summed E-state index contributed by atoms with van der Waals surface area (Å²) < 4.78 is 5.10. The Kier molecular flexibility index (Phi) is 5.92. The van der Waals surface area contributed by atoms with E-state index in [2.05, 4.69) is 9.97 Å². The van der Waals surface area contributed by atoms with Gasteiger partial charge in [-0.2, -0.15) is 5.26 Å². The second-order valence-corrected chi connectivity index (χ2v) is 8.27. The van der Waals surface area contributed by atoms with Gasteiger partial charge in [-0.1, -0.05) is 36.4 Å². The number of imidazole rings is 1. The van der Waals surface area contributed by atoms with Crippen molar-refractivity contribution in [2.24, 2.45) is 0 Å². The third-order valence-electron chi connectivity index (χ3n) is 6.01. The van der Waals surface area contributed by atoms with Crippen molar-refractivity contribution in [1.82, 2.24) is 14.9 Å². The molecule has 9 nitrogen and oxygen atoms in total. The number of carbonyl (C=O) groups is 3. The number of aliphatic hydroxyl groups excluding tert-OH is 1. The molecule has 2 heterocycles. The number of carbonyl (C=O) groups excluding carboxylic acids is 3. The maximum atomic E-state index is 12.9. The monoisotopic (exact) mass is 480 g/mol. The number of aliphatic hydroxyl groups is 1. The van der Waals surface area contributed by atoms with E-state index in [1.807, 2.05) is 24.3 Å². The number of H-pyrrole nitrogens is 1. The number of aromatic nitrogens is 2. The molecule has 1 aliphatic rings. The lowest BCUT2D eigenvalue weighted by Gasteiger charge is -2.27. The number of nitrogens with zero attached hydrogens (tertiary/aromatic N) is 3. The molecule has 1 aromatic heterocycles. The van der Waals surface area contributed by atoms with Crippen molar-refractivity contribution in [2.75, 3.05) is 13.2 Å². The fourth-order valence-corrected chi connectivity index (χ4v) is 4.28. The van der Waals surface area contributed by atoms with Crippen LogP contribution in [0.2, 0.25) is 0 Å². The molecule has 178 valence electrons. The van der Waals surface area contributed by atoms with Crippen LogP contribution in [0.4, 0.5) is 0 Å². The summed E-state index contributed by atoms with van der Waals surface area (Å²) in [6.07, 6.45) is 0.107. The molecule has 2 amide bonds. The Labute approximate surface area is 205 Å². The van der Waals surface area contributed by atoms with E-state index in [4.69, 9.17) is 4.74 Å². The van der Waals surface area contributed by atoms with Gasteiger partial charge in [-0.25, -0.2) is 4.98 Å². The fourth-order valence-electron chi connectivity index (χ4n) is 4.28. The molecular formula is C27H20N4O5. The minimum atomic E-state index is -0.636. The normalized spacial score (nSPS) is 13.6. The standard InChI is InChI=1S/C27H20N4O5/c28-14-19(25-29-20-10-1-2-11-21(20)30-25)22(32)15-36-23(33)12-5-13-31-26(34)17-8-3-6-16-7-4-9-18(24(16)17)27(31)35/h1-4,6-11,32H,5,12-13,15H2,(H,29,30). The number of amides is 2. The summed E-state index contributed by atoms with van der Waals surface area (Å²) in [7, 11) is 0. The smallest absolute Gasteiger partial charge is 0.306 e. The number of rotatable bonds is 7. The van der Waals surface area contributed by atoms with E-state index in [-0.39, 0.29) is 30.8 Å². The molecule has 3 aromatic carbocycles. The molecule has 0 bridgehead atoms. The Morgan fingerprint density at radius 2 is 1.72 bits per heavy atom. The number of ether oxygens (including phenoxy) is 1. The largest absolute Gasteiger partial charge is 0.507 e. The second-order valence-electron chi connectivity index (χ2n) is 8.27. The van der Waals surface area contributed by atoms with Crippen LogP contribution in [-0.2, 0) is 9.53 Å².